The second-order valence-corrected chi connectivity index (χ2v) is 5.48. The van der Waals surface area contributed by atoms with E-state index in [1.54, 1.807) is 6.20 Å². The maximum Gasteiger partial charge on any atom is 0.227 e. The Morgan fingerprint density at radius 3 is 2.93 bits per heavy atom. The van der Waals surface area contributed by atoms with Crippen LogP contribution < -0.4 is 5.32 Å². The van der Waals surface area contributed by atoms with Crippen LogP contribution in [0.15, 0.2) is 9.98 Å². The lowest BCUT2D eigenvalue weighted by Gasteiger charge is -2.07. The molecule has 0 aliphatic heterocycles. The molecule has 0 aliphatic carbocycles. The van der Waals surface area contributed by atoms with E-state index in [9.17, 15) is 4.79 Å². The molecule has 1 amide bonds. The average Bonchev–Trinajstić information content (AvgIpc) is 2.48. The summed E-state index contributed by atoms with van der Waals surface area (Å²) in [6.07, 6.45) is 2.16. The Hall–Kier alpha value is -0.460. The first kappa shape index (κ1) is 11.6. The molecule has 0 atom stereocenters. The zero-order valence-corrected chi connectivity index (χ0v) is 10.5. The maximum absolute atomic E-state index is 11.3. The van der Waals surface area contributed by atoms with Gasteiger partial charge >= 0.3 is 0 Å². The van der Waals surface area contributed by atoms with Crippen LogP contribution in [-0.2, 0) is 4.79 Å². The molecule has 1 aromatic rings. The van der Waals surface area contributed by atoms with Crippen molar-refractivity contribution in [3.8, 4) is 0 Å². The number of nitrogens with one attached hydrogen (secondary N) is 1. The lowest BCUT2D eigenvalue weighted by molar-refractivity contribution is -0.116. The molecule has 0 aromatic carbocycles. The molecule has 78 valence electrons. The molecule has 4 nitrogen and oxygen atoms in total. The number of hydrogen-bond donors (Lipinski definition) is 1. The lowest BCUT2D eigenvalue weighted by atomic mass is 10.4. The van der Waals surface area contributed by atoms with Crippen molar-refractivity contribution in [2.24, 2.45) is 0 Å². The first-order valence-corrected chi connectivity index (χ1v) is 5.75. The van der Waals surface area contributed by atoms with Crippen molar-refractivity contribution < 1.29 is 4.79 Å². The highest BCUT2D eigenvalue weighted by Gasteiger charge is 2.05. The van der Waals surface area contributed by atoms with E-state index in [1.807, 2.05) is 19.0 Å². The van der Waals surface area contributed by atoms with E-state index in [0.29, 0.717) is 11.6 Å². The van der Waals surface area contributed by atoms with E-state index < -0.39 is 0 Å². The molecular formula is C8H12BrN3OS. The molecule has 0 bridgehead atoms. The van der Waals surface area contributed by atoms with Gasteiger partial charge in [0, 0.05) is 13.0 Å². The first-order valence-electron chi connectivity index (χ1n) is 4.14. The molecule has 0 unspecified atom stereocenters. The summed E-state index contributed by atoms with van der Waals surface area (Å²) in [7, 11) is 3.88. The molecule has 1 rings (SSSR count). The van der Waals surface area contributed by atoms with Gasteiger partial charge in [0.05, 0.1) is 9.98 Å². The SMILES string of the molecule is CN(C)CCC(=O)Nc1ncc(Br)s1. The fraction of sp³-hybridized carbons (Fsp3) is 0.500. The topological polar surface area (TPSA) is 45.2 Å². The van der Waals surface area contributed by atoms with Crippen molar-refractivity contribution >= 4 is 38.3 Å². The Labute approximate surface area is 95.5 Å². The van der Waals surface area contributed by atoms with Gasteiger partial charge in [0.25, 0.3) is 0 Å². The second-order valence-electron chi connectivity index (χ2n) is 3.07. The summed E-state index contributed by atoms with van der Waals surface area (Å²) >= 11 is 4.69. The minimum absolute atomic E-state index is 0.000509. The van der Waals surface area contributed by atoms with E-state index in [2.05, 4.69) is 26.2 Å². The van der Waals surface area contributed by atoms with E-state index in [0.717, 1.165) is 10.3 Å². The van der Waals surface area contributed by atoms with Gasteiger partial charge in [-0.05, 0) is 30.0 Å². The van der Waals surface area contributed by atoms with Crippen LogP contribution >= 0.6 is 27.3 Å². The van der Waals surface area contributed by atoms with Gasteiger partial charge in [0.15, 0.2) is 5.13 Å². The number of aromatic nitrogens is 1. The van der Waals surface area contributed by atoms with Crippen LogP contribution in [0.2, 0.25) is 0 Å². The number of amides is 1. The van der Waals surface area contributed by atoms with Crippen molar-refractivity contribution in [3.05, 3.63) is 9.98 Å². The summed E-state index contributed by atoms with van der Waals surface area (Å²) in [5.41, 5.74) is 0. The molecule has 1 aromatic heterocycles. The number of thiazole rings is 1. The molecule has 0 spiro atoms. The van der Waals surface area contributed by atoms with Crippen LogP contribution in [0.3, 0.4) is 0 Å². The minimum Gasteiger partial charge on any atom is -0.309 e. The van der Waals surface area contributed by atoms with Crippen molar-refractivity contribution in [2.75, 3.05) is 26.0 Å². The number of anilines is 1. The van der Waals surface area contributed by atoms with Crippen molar-refractivity contribution in [1.29, 1.82) is 0 Å². The molecular weight excluding hydrogens is 266 g/mol. The zero-order chi connectivity index (χ0) is 10.6. The van der Waals surface area contributed by atoms with Gasteiger partial charge in [0.1, 0.15) is 0 Å². The highest BCUT2D eigenvalue weighted by atomic mass is 79.9. The van der Waals surface area contributed by atoms with E-state index in [-0.39, 0.29) is 5.91 Å². The molecule has 0 saturated carbocycles. The average molecular weight is 278 g/mol. The van der Waals surface area contributed by atoms with Crippen molar-refractivity contribution in [2.45, 2.75) is 6.42 Å². The van der Waals surface area contributed by atoms with Crippen LogP contribution in [0, 0.1) is 0 Å². The monoisotopic (exact) mass is 277 g/mol. The van der Waals surface area contributed by atoms with Crippen LogP contribution in [0.4, 0.5) is 5.13 Å². The van der Waals surface area contributed by atoms with Crippen LogP contribution in [-0.4, -0.2) is 36.4 Å². The van der Waals surface area contributed by atoms with Gasteiger partial charge in [-0.25, -0.2) is 4.98 Å². The van der Waals surface area contributed by atoms with Crippen molar-refractivity contribution in [1.82, 2.24) is 9.88 Å². The van der Waals surface area contributed by atoms with Gasteiger partial charge in [-0.15, -0.1) is 0 Å². The Morgan fingerprint density at radius 2 is 2.43 bits per heavy atom. The van der Waals surface area contributed by atoms with Crippen LogP contribution in [0.25, 0.3) is 0 Å². The van der Waals surface area contributed by atoms with Gasteiger partial charge in [-0.3, -0.25) is 4.79 Å². The smallest absolute Gasteiger partial charge is 0.227 e. The Morgan fingerprint density at radius 1 is 1.71 bits per heavy atom. The molecule has 1 N–H and O–H groups in total. The summed E-state index contributed by atoms with van der Waals surface area (Å²) in [6.45, 7) is 0.748. The number of carbonyl (C=O) groups is 1. The summed E-state index contributed by atoms with van der Waals surface area (Å²) in [5, 5.41) is 3.37. The van der Waals surface area contributed by atoms with Crippen molar-refractivity contribution in [3.63, 3.8) is 0 Å². The van der Waals surface area contributed by atoms with Gasteiger partial charge < -0.3 is 10.2 Å². The predicted octanol–water partition coefficient (Wildman–Crippen LogP) is 1.80. The first-order chi connectivity index (χ1) is 6.58. The van der Waals surface area contributed by atoms with Gasteiger partial charge in [-0.1, -0.05) is 11.3 Å². The number of nitrogens with zero attached hydrogens (tertiary/aromatic N) is 2. The number of rotatable bonds is 4. The van der Waals surface area contributed by atoms with Gasteiger partial charge in [0.2, 0.25) is 5.91 Å². The Kier molecular flexibility index (Phi) is 4.50. The van der Waals surface area contributed by atoms with E-state index in [1.165, 1.54) is 11.3 Å². The van der Waals surface area contributed by atoms with Crippen LogP contribution in [0.5, 0.6) is 0 Å². The molecule has 0 aliphatic rings. The van der Waals surface area contributed by atoms with Gasteiger partial charge in [-0.2, -0.15) is 0 Å². The fourth-order valence-electron chi connectivity index (χ4n) is 0.819. The summed E-state index contributed by atoms with van der Waals surface area (Å²) in [4.78, 5) is 17.3. The second kappa shape index (κ2) is 5.43. The molecule has 14 heavy (non-hydrogen) atoms. The normalized spacial score (nSPS) is 10.6. The summed E-state index contributed by atoms with van der Waals surface area (Å²) in [5.74, 6) is 0.000509. The number of carbonyl (C=O) groups excluding carboxylic acids is 1. The third-order valence-electron chi connectivity index (χ3n) is 1.51. The molecule has 0 saturated heterocycles. The van der Waals surface area contributed by atoms with E-state index >= 15 is 0 Å². The quantitative estimate of drug-likeness (QED) is 0.913. The largest absolute Gasteiger partial charge is 0.309 e. The maximum atomic E-state index is 11.3. The summed E-state index contributed by atoms with van der Waals surface area (Å²) in [6, 6.07) is 0. The standard InChI is InChI=1S/C8H12BrN3OS/c1-12(2)4-3-7(13)11-8-10-5-6(9)14-8/h5H,3-4H2,1-2H3,(H,10,11,13). The Balaban J connectivity index is 2.34. The number of hydrogen-bond acceptors (Lipinski definition) is 4. The van der Waals surface area contributed by atoms with Crippen LogP contribution in [0.1, 0.15) is 6.42 Å². The molecule has 6 heteroatoms. The molecule has 0 fully saturated rings. The predicted molar refractivity (Wildman–Crippen MR) is 61.6 cm³/mol. The summed E-state index contributed by atoms with van der Waals surface area (Å²) < 4.78 is 0.917. The zero-order valence-electron chi connectivity index (χ0n) is 8.08. The Bertz CT molecular complexity index is 313. The lowest BCUT2D eigenvalue weighted by Crippen LogP contribution is -2.20. The molecule has 0 radical (unpaired) electrons. The third kappa shape index (κ3) is 4.17. The highest BCUT2D eigenvalue weighted by Crippen LogP contribution is 2.22. The van der Waals surface area contributed by atoms with E-state index in [4.69, 9.17) is 0 Å². The highest BCUT2D eigenvalue weighted by molar-refractivity contribution is 9.11. The third-order valence-corrected chi connectivity index (χ3v) is 2.90. The minimum atomic E-state index is 0.000509. The fourth-order valence-corrected chi connectivity index (χ4v) is 1.94. The molecule has 1 heterocycles. The number of halogens is 1.